The Labute approximate surface area is 109 Å². The predicted octanol–water partition coefficient (Wildman–Crippen LogP) is 2.98. The van der Waals surface area contributed by atoms with Crippen molar-refractivity contribution in [2.24, 2.45) is 0 Å². The Kier molecular flexibility index (Phi) is 3.60. The smallest absolute Gasteiger partial charge is 0.254 e. The van der Waals surface area contributed by atoms with Crippen molar-refractivity contribution in [1.29, 1.82) is 0 Å². The van der Waals surface area contributed by atoms with Gasteiger partial charge in [0.05, 0.1) is 0 Å². The zero-order valence-corrected chi connectivity index (χ0v) is 11.4. The summed E-state index contributed by atoms with van der Waals surface area (Å²) < 4.78 is 0. The molecule has 18 heavy (non-hydrogen) atoms. The third-order valence-electron chi connectivity index (χ3n) is 3.75. The summed E-state index contributed by atoms with van der Waals surface area (Å²) in [5, 5.41) is 0. The molecule has 2 rings (SSSR count). The highest BCUT2D eigenvalue weighted by atomic mass is 16.2. The van der Waals surface area contributed by atoms with Crippen molar-refractivity contribution >= 4 is 11.6 Å². The van der Waals surface area contributed by atoms with Gasteiger partial charge in [-0.25, -0.2) is 0 Å². The first-order valence-corrected chi connectivity index (χ1v) is 6.69. The predicted molar refractivity (Wildman–Crippen MR) is 74.5 cm³/mol. The van der Waals surface area contributed by atoms with E-state index in [9.17, 15) is 4.79 Å². The van der Waals surface area contributed by atoms with Gasteiger partial charge in [-0.1, -0.05) is 6.07 Å². The molecule has 0 bridgehead atoms. The molecule has 2 N–H and O–H groups in total. The summed E-state index contributed by atoms with van der Waals surface area (Å²) in [5.74, 6) is 0.125. The molecule has 1 aliphatic rings. The first-order chi connectivity index (χ1) is 8.50. The van der Waals surface area contributed by atoms with E-state index >= 15 is 0 Å². The van der Waals surface area contributed by atoms with Gasteiger partial charge in [-0.15, -0.1) is 0 Å². The molecule has 0 aromatic heterocycles. The number of hydrogen-bond donors (Lipinski definition) is 1. The molecular formula is C15H22N2O. The molecule has 1 aromatic carbocycles. The van der Waals surface area contributed by atoms with Crippen molar-refractivity contribution in [2.75, 3.05) is 5.73 Å². The number of benzene rings is 1. The first kappa shape index (κ1) is 12.9. The molecule has 0 aliphatic heterocycles. The summed E-state index contributed by atoms with van der Waals surface area (Å²) in [7, 11) is 0. The second-order valence-corrected chi connectivity index (χ2v) is 5.47. The number of hydrogen-bond acceptors (Lipinski definition) is 2. The zero-order valence-electron chi connectivity index (χ0n) is 11.4. The molecule has 98 valence electrons. The Morgan fingerprint density at radius 2 is 2.06 bits per heavy atom. The van der Waals surface area contributed by atoms with Crippen LogP contribution >= 0.6 is 0 Å². The Bertz CT molecular complexity index is 450. The number of anilines is 1. The van der Waals surface area contributed by atoms with Crippen molar-refractivity contribution in [3.63, 3.8) is 0 Å². The SMILES string of the molecule is Cc1ccc(N)cc1C(=O)N(C(C)C)C1CCC1. The maximum Gasteiger partial charge on any atom is 0.254 e. The van der Waals surface area contributed by atoms with Crippen LogP contribution in [0.25, 0.3) is 0 Å². The van der Waals surface area contributed by atoms with E-state index in [1.807, 2.05) is 24.0 Å². The van der Waals surface area contributed by atoms with Crippen molar-refractivity contribution in [3.05, 3.63) is 29.3 Å². The summed E-state index contributed by atoms with van der Waals surface area (Å²) in [4.78, 5) is 14.7. The zero-order chi connectivity index (χ0) is 13.3. The minimum absolute atomic E-state index is 0.125. The van der Waals surface area contributed by atoms with Crippen molar-refractivity contribution in [3.8, 4) is 0 Å². The third-order valence-corrected chi connectivity index (χ3v) is 3.75. The maximum atomic E-state index is 12.7. The molecule has 3 nitrogen and oxygen atoms in total. The molecule has 0 heterocycles. The van der Waals surface area contributed by atoms with E-state index in [1.54, 1.807) is 6.07 Å². The molecule has 0 unspecified atom stereocenters. The van der Waals surface area contributed by atoms with E-state index in [0.29, 0.717) is 11.7 Å². The van der Waals surface area contributed by atoms with Gasteiger partial charge in [0.2, 0.25) is 0 Å². The van der Waals surface area contributed by atoms with Crippen LogP contribution in [0.4, 0.5) is 5.69 Å². The molecule has 3 heteroatoms. The summed E-state index contributed by atoms with van der Waals surface area (Å²) >= 11 is 0. The molecule has 0 saturated heterocycles. The fourth-order valence-corrected chi connectivity index (χ4v) is 2.50. The monoisotopic (exact) mass is 246 g/mol. The van der Waals surface area contributed by atoms with Gasteiger partial charge in [-0.3, -0.25) is 4.79 Å². The number of carbonyl (C=O) groups excluding carboxylic acids is 1. The van der Waals surface area contributed by atoms with Gasteiger partial charge < -0.3 is 10.6 Å². The Balaban J connectivity index is 2.30. The fraction of sp³-hybridized carbons (Fsp3) is 0.533. The van der Waals surface area contributed by atoms with E-state index in [-0.39, 0.29) is 11.9 Å². The minimum atomic E-state index is 0.125. The average Bonchev–Trinajstić information content (AvgIpc) is 2.25. The highest BCUT2D eigenvalue weighted by Gasteiger charge is 2.31. The quantitative estimate of drug-likeness (QED) is 0.833. The van der Waals surface area contributed by atoms with Crippen LogP contribution < -0.4 is 5.73 Å². The summed E-state index contributed by atoms with van der Waals surface area (Å²) in [6.45, 7) is 6.13. The summed E-state index contributed by atoms with van der Waals surface area (Å²) in [5.41, 5.74) is 8.19. The summed E-state index contributed by atoms with van der Waals surface area (Å²) in [6, 6.07) is 6.21. The van der Waals surface area contributed by atoms with E-state index in [0.717, 1.165) is 24.0 Å². The molecule has 0 atom stereocenters. The lowest BCUT2D eigenvalue weighted by molar-refractivity contribution is 0.0488. The fourth-order valence-electron chi connectivity index (χ4n) is 2.50. The van der Waals surface area contributed by atoms with Gasteiger partial charge in [0.25, 0.3) is 5.91 Å². The number of nitrogens with zero attached hydrogens (tertiary/aromatic N) is 1. The van der Waals surface area contributed by atoms with Gasteiger partial charge in [-0.2, -0.15) is 0 Å². The van der Waals surface area contributed by atoms with Crippen LogP contribution in [0.2, 0.25) is 0 Å². The number of nitrogens with two attached hydrogens (primary N) is 1. The molecule has 1 amide bonds. The standard InChI is InChI=1S/C15H22N2O/c1-10(2)17(13-5-4-6-13)15(18)14-9-12(16)8-7-11(14)3/h7-10,13H,4-6,16H2,1-3H3. The van der Waals surface area contributed by atoms with Crippen LogP contribution in [0.15, 0.2) is 18.2 Å². The van der Waals surface area contributed by atoms with Crippen LogP contribution in [-0.2, 0) is 0 Å². The number of nitrogen functional groups attached to an aromatic ring is 1. The molecule has 1 saturated carbocycles. The molecule has 0 radical (unpaired) electrons. The minimum Gasteiger partial charge on any atom is -0.399 e. The van der Waals surface area contributed by atoms with E-state index in [1.165, 1.54) is 6.42 Å². The topological polar surface area (TPSA) is 46.3 Å². The lowest BCUT2D eigenvalue weighted by Crippen LogP contribution is -2.48. The number of rotatable bonds is 3. The lowest BCUT2D eigenvalue weighted by atomic mass is 9.89. The van der Waals surface area contributed by atoms with E-state index < -0.39 is 0 Å². The van der Waals surface area contributed by atoms with Crippen LogP contribution in [0.1, 0.15) is 49.0 Å². The molecular weight excluding hydrogens is 224 g/mol. The van der Waals surface area contributed by atoms with Crippen LogP contribution in [0, 0.1) is 6.92 Å². The highest BCUT2D eigenvalue weighted by molar-refractivity contribution is 5.97. The Morgan fingerprint density at radius 3 is 2.56 bits per heavy atom. The van der Waals surface area contributed by atoms with Crippen molar-refractivity contribution in [1.82, 2.24) is 4.90 Å². The van der Waals surface area contributed by atoms with Crippen molar-refractivity contribution < 1.29 is 4.79 Å². The van der Waals surface area contributed by atoms with Crippen molar-refractivity contribution in [2.45, 2.75) is 52.1 Å². The Morgan fingerprint density at radius 1 is 1.39 bits per heavy atom. The normalized spacial score (nSPS) is 15.6. The molecule has 1 aliphatic carbocycles. The van der Waals surface area contributed by atoms with E-state index in [2.05, 4.69) is 13.8 Å². The lowest BCUT2D eigenvalue weighted by Gasteiger charge is -2.40. The van der Waals surface area contributed by atoms with Gasteiger partial charge in [0.1, 0.15) is 0 Å². The summed E-state index contributed by atoms with van der Waals surface area (Å²) in [6.07, 6.45) is 3.49. The van der Waals surface area contributed by atoms with Crippen LogP contribution in [-0.4, -0.2) is 22.9 Å². The third kappa shape index (κ3) is 2.35. The second-order valence-electron chi connectivity index (χ2n) is 5.47. The Hall–Kier alpha value is -1.51. The van der Waals surface area contributed by atoms with Crippen LogP contribution in [0.3, 0.4) is 0 Å². The van der Waals surface area contributed by atoms with E-state index in [4.69, 9.17) is 5.73 Å². The molecule has 1 fully saturated rings. The van der Waals surface area contributed by atoms with Crippen LogP contribution in [0.5, 0.6) is 0 Å². The second kappa shape index (κ2) is 5.01. The van der Waals surface area contributed by atoms with Gasteiger partial charge in [0.15, 0.2) is 0 Å². The van der Waals surface area contributed by atoms with Gasteiger partial charge in [-0.05, 0) is 57.7 Å². The number of carbonyl (C=O) groups is 1. The molecule has 0 spiro atoms. The maximum absolute atomic E-state index is 12.7. The largest absolute Gasteiger partial charge is 0.399 e. The highest BCUT2D eigenvalue weighted by Crippen LogP contribution is 2.28. The average molecular weight is 246 g/mol. The molecule has 1 aromatic rings. The first-order valence-electron chi connectivity index (χ1n) is 6.69. The van der Waals surface area contributed by atoms with Gasteiger partial charge >= 0.3 is 0 Å². The number of aryl methyl sites for hydroxylation is 1. The van der Waals surface area contributed by atoms with Gasteiger partial charge in [0, 0.05) is 23.3 Å². The number of amides is 1.